The summed E-state index contributed by atoms with van der Waals surface area (Å²) in [6.45, 7) is 1.72. The van der Waals surface area contributed by atoms with E-state index in [-0.39, 0.29) is 17.8 Å². The maximum absolute atomic E-state index is 13.5. The second-order valence-electron chi connectivity index (χ2n) is 3.48. The largest absolute Gasteiger partial charge is 0.375 e. The molecule has 1 aromatic carbocycles. The van der Waals surface area contributed by atoms with Crippen LogP contribution in [-0.4, -0.2) is 10.1 Å². The maximum Gasteiger partial charge on any atom is 0.223 e. The molecule has 0 aliphatic carbocycles. The Morgan fingerprint density at radius 1 is 1.39 bits per heavy atom. The van der Waals surface area contributed by atoms with Crippen LogP contribution in [0.2, 0.25) is 0 Å². The van der Waals surface area contributed by atoms with Crippen molar-refractivity contribution >= 4 is 5.69 Å². The zero-order valence-corrected chi connectivity index (χ0v) is 9.37. The van der Waals surface area contributed by atoms with Gasteiger partial charge < -0.3 is 9.84 Å². The molecule has 5 nitrogen and oxygen atoms in total. The number of hydrogen-bond donors (Lipinski definition) is 1. The van der Waals surface area contributed by atoms with Gasteiger partial charge in [0.05, 0.1) is 17.8 Å². The number of anilines is 1. The Balaban J connectivity index is 2.15. The molecule has 2 rings (SSSR count). The molecule has 2 aromatic rings. The number of halogens is 2. The van der Waals surface area contributed by atoms with Crippen LogP contribution in [0.25, 0.3) is 0 Å². The third-order valence-corrected chi connectivity index (χ3v) is 2.21. The summed E-state index contributed by atoms with van der Waals surface area (Å²) in [5, 5.41) is 14.8. The first-order valence-electron chi connectivity index (χ1n) is 5.03. The fourth-order valence-electron chi connectivity index (χ4n) is 1.36. The predicted molar refractivity (Wildman–Crippen MR) is 57.4 cm³/mol. The molecule has 0 bridgehead atoms. The normalized spacial score (nSPS) is 10.1. The Hall–Kier alpha value is -2.49. The lowest BCUT2D eigenvalue weighted by Gasteiger charge is -2.06. The van der Waals surface area contributed by atoms with Crippen molar-refractivity contribution in [2.24, 2.45) is 0 Å². The predicted octanol–water partition coefficient (Wildman–Crippen LogP) is 2.14. The second-order valence-corrected chi connectivity index (χ2v) is 3.48. The van der Waals surface area contributed by atoms with Gasteiger partial charge in [-0.3, -0.25) is 0 Å². The lowest BCUT2D eigenvalue weighted by atomic mass is 10.2. The molecule has 1 aromatic heterocycles. The van der Waals surface area contributed by atoms with Crippen molar-refractivity contribution in [2.75, 3.05) is 5.32 Å². The molecule has 0 fully saturated rings. The van der Waals surface area contributed by atoms with Crippen LogP contribution in [0.15, 0.2) is 16.7 Å². The highest BCUT2D eigenvalue weighted by atomic mass is 19.2. The molecule has 7 heteroatoms. The zero-order valence-electron chi connectivity index (χ0n) is 9.37. The molecule has 0 radical (unpaired) electrons. The molecule has 0 saturated heterocycles. The molecule has 0 spiro atoms. The van der Waals surface area contributed by atoms with Crippen LogP contribution in [0.1, 0.15) is 17.3 Å². The smallest absolute Gasteiger partial charge is 0.223 e. The second kappa shape index (κ2) is 4.79. The topological polar surface area (TPSA) is 74.7 Å². The number of aromatic nitrogens is 2. The minimum Gasteiger partial charge on any atom is -0.375 e. The van der Waals surface area contributed by atoms with Crippen LogP contribution < -0.4 is 5.32 Å². The van der Waals surface area contributed by atoms with E-state index in [4.69, 9.17) is 9.78 Å². The molecule has 1 N–H and O–H groups in total. The number of benzene rings is 1. The average Bonchev–Trinajstić information content (AvgIpc) is 2.77. The van der Waals surface area contributed by atoms with Crippen molar-refractivity contribution < 1.29 is 13.3 Å². The number of rotatable bonds is 3. The van der Waals surface area contributed by atoms with Crippen molar-refractivity contribution in [2.45, 2.75) is 13.5 Å². The van der Waals surface area contributed by atoms with Gasteiger partial charge in [0.1, 0.15) is 6.07 Å². The first-order valence-corrected chi connectivity index (χ1v) is 5.03. The van der Waals surface area contributed by atoms with Crippen LogP contribution in [0, 0.1) is 29.9 Å². The number of hydrogen-bond acceptors (Lipinski definition) is 5. The molecule has 92 valence electrons. The molecular weight excluding hydrogens is 242 g/mol. The molecule has 0 aliphatic heterocycles. The SMILES string of the molecule is Cc1nc(CNc2ccc(C#N)c(F)c2F)no1. The lowest BCUT2D eigenvalue weighted by Crippen LogP contribution is -2.05. The van der Waals surface area contributed by atoms with E-state index in [1.165, 1.54) is 12.1 Å². The summed E-state index contributed by atoms with van der Waals surface area (Å²) in [5.41, 5.74) is -0.401. The van der Waals surface area contributed by atoms with Crippen LogP contribution >= 0.6 is 0 Å². The van der Waals surface area contributed by atoms with E-state index >= 15 is 0 Å². The highest BCUT2D eigenvalue weighted by Gasteiger charge is 2.13. The van der Waals surface area contributed by atoms with E-state index in [1.54, 1.807) is 13.0 Å². The van der Waals surface area contributed by atoms with Gasteiger partial charge in [-0.2, -0.15) is 10.2 Å². The summed E-state index contributed by atoms with van der Waals surface area (Å²) in [6.07, 6.45) is 0. The minimum atomic E-state index is -1.17. The Kier molecular flexibility index (Phi) is 3.19. The van der Waals surface area contributed by atoms with Gasteiger partial charge >= 0.3 is 0 Å². The van der Waals surface area contributed by atoms with Gasteiger partial charge in [-0.15, -0.1) is 0 Å². The van der Waals surface area contributed by atoms with Gasteiger partial charge in [0.25, 0.3) is 0 Å². The summed E-state index contributed by atoms with van der Waals surface area (Å²) >= 11 is 0. The molecular formula is C11H8F2N4O. The summed E-state index contributed by atoms with van der Waals surface area (Å²) in [6, 6.07) is 4.04. The lowest BCUT2D eigenvalue weighted by molar-refractivity contribution is 0.388. The van der Waals surface area contributed by atoms with Crippen LogP contribution in [0.5, 0.6) is 0 Å². The van der Waals surface area contributed by atoms with Crippen molar-refractivity contribution in [3.8, 4) is 6.07 Å². The molecule has 0 amide bonds. The van der Waals surface area contributed by atoms with Crippen LogP contribution in [0.4, 0.5) is 14.5 Å². The molecule has 0 aliphatic rings. The molecule has 1 heterocycles. The molecule has 0 unspecified atom stereocenters. The highest BCUT2D eigenvalue weighted by Crippen LogP contribution is 2.20. The standard InChI is InChI=1S/C11H8F2N4O/c1-6-16-9(17-18-6)5-15-8-3-2-7(4-14)10(12)11(8)13/h2-3,15H,5H2,1H3. The minimum absolute atomic E-state index is 0.0612. The van der Waals surface area contributed by atoms with Crippen LogP contribution in [0.3, 0.4) is 0 Å². The number of nitrogens with zero attached hydrogens (tertiary/aromatic N) is 3. The third kappa shape index (κ3) is 2.27. The van der Waals surface area contributed by atoms with E-state index in [0.717, 1.165) is 0 Å². The van der Waals surface area contributed by atoms with Crippen molar-refractivity contribution in [3.63, 3.8) is 0 Å². The van der Waals surface area contributed by atoms with Gasteiger partial charge in [-0.05, 0) is 12.1 Å². The summed E-state index contributed by atoms with van der Waals surface area (Å²) < 4.78 is 31.5. The van der Waals surface area contributed by atoms with Crippen molar-refractivity contribution in [3.05, 3.63) is 41.0 Å². The summed E-state index contributed by atoms with van der Waals surface area (Å²) in [4.78, 5) is 3.90. The quantitative estimate of drug-likeness (QED) is 0.903. The zero-order chi connectivity index (χ0) is 13.1. The number of nitriles is 1. The molecule has 18 heavy (non-hydrogen) atoms. The van der Waals surface area contributed by atoms with Crippen LogP contribution in [-0.2, 0) is 6.54 Å². The summed E-state index contributed by atoms with van der Waals surface area (Å²) in [7, 11) is 0. The van der Waals surface area contributed by atoms with E-state index in [2.05, 4.69) is 15.5 Å². The van der Waals surface area contributed by atoms with Gasteiger partial charge in [0, 0.05) is 6.92 Å². The summed E-state index contributed by atoms with van der Waals surface area (Å²) in [5.74, 6) is -1.56. The third-order valence-electron chi connectivity index (χ3n) is 2.21. The van der Waals surface area contributed by atoms with E-state index in [0.29, 0.717) is 11.7 Å². The Labute approximate surface area is 101 Å². The van der Waals surface area contributed by atoms with Gasteiger partial charge in [0.2, 0.25) is 5.89 Å². The number of aryl methyl sites for hydroxylation is 1. The molecule has 0 atom stereocenters. The maximum atomic E-state index is 13.5. The first kappa shape index (κ1) is 12.0. The first-order chi connectivity index (χ1) is 8.61. The van der Waals surface area contributed by atoms with E-state index in [1.807, 2.05) is 0 Å². The van der Waals surface area contributed by atoms with Crippen molar-refractivity contribution in [1.29, 1.82) is 5.26 Å². The molecule has 0 saturated carbocycles. The van der Waals surface area contributed by atoms with Crippen molar-refractivity contribution in [1.82, 2.24) is 10.1 Å². The fourth-order valence-corrected chi connectivity index (χ4v) is 1.36. The number of nitrogens with one attached hydrogen (secondary N) is 1. The monoisotopic (exact) mass is 250 g/mol. The van der Waals surface area contributed by atoms with Gasteiger partial charge in [0.15, 0.2) is 17.5 Å². The Morgan fingerprint density at radius 2 is 2.17 bits per heavy atom. The Bertz CT molecular complexity index is 618. The highest BCUT2D eigenvalue weighted by molar-refractivity contribution is 5.49. The Morgan fingerprint density at radius 3 is 2.78 bits per heavy atom. The van der Waals surface area contributed by atoms with E-state index < -0.39 is 11.6 Å². The fraction of sp³-hybridized carbons (Fsp3) is 0.182. The van der Waals surface area contributed by atoms with E-state index in [9.17, 15) is 8.78 Å². The van der Waals surface area contributed by atoms with Gasteiger partial charge in [-0.1, -0.05) is 5.16 Å². The average molecular weight is 250 g/mol. The van der Waals surface area contributed by atoms with Gasteiger partial charge in [-0.25, -0.2) is 8.78 Å².